The van der Waals surface area contributed by atoms with Crippen LogP contribution in [0.5, 0.6) is 5.75 Å². The summed E-state index contributed by atoms with van der Waals surface area (Å²) in [4.78, 5) is 25.3. The lowest BCUT2D eigenvalue weighted by Crippen LogP contribution is -2.30. The number of hydrogen-bond acceptors (Lipinski definition) is 6. The first-order valence-electron chi connectivity index (χ1n) is 8.99. The Morgan fingerprint density at radius 1 is 1.14 bits per heavy atom. The van der Waals surface area contributed by atoms with Gasteiger partial charge >= 0.3 is 0 Å². The number of amides is 1. The summed E-state index contributed by atoms with van der Waals surface area (Å²) in [6.45, 7) is 0.339. The summed E-state index contributed by atoms with van der Waals surface area (Å²) >= 11 is 3.08. The summed E-state index contributed by atoms with van der Waals surface area (Å²) in [7, 11) is 1.62. The van der Waals surface area contributed by atoms with Crippen LogP contribution in [0.25, 0.3) is 10.2 Å². The molecule has 4 rings (SSSR count). The van der Waals surface area contributed by atoms with Gasteiger partial charge in [0.1, 0.15) is 11.3 Å². The second-order valence-corrected chi connectivity index (χ2v) is 8.14. The van der Waals surface area contributed by atoms with Gasteiger partial charge in [-0.15, -0.1) is 11.8 Å². The lowest BCUT2D eigenvalue weighted by atomic mass is 10.2. The van der Waals surface area contributed by atoms with Gasteiger partial charge in [-0.1, -0.05) is 29.5 Å². The molecule has 0 aliphatic heterocycles. The van der Waals surface area contributed by atoms with Gasteiger partial charge in [-0.2, -0.15) is 0 Å². The van der Waals surface area contributed by atoms with Crippen LogP contribution in [0.3, 0.4) is 0 Å². The largest absolute Gasteiger partial charge is 0.494 e. The average molecular weight is 422 g/mol. The van der Waals surface area contributed by atoms with Gasteiger partial charge in [0, 0.05) is 16.7 Å². The third kappa shape index (κ3) is 4.11. The highest BCUT2D eigenvalue weighted by Gasteiger charge is 2.23. The summed E-state index contributed by atoms with van der Waals surface area (Å²) < 4.78 is 6.41. The summed E-state index contributed by atoms with van der Waals surface area (Å²) in [5.41, 5.74) is 2.18. The van der Waals surface area contributed by atoms with Gasteiger partial charge in [-0.3, -0.25) is 14.7 Å². The van der Waals surface area contributed by atoms with Gasteiger partial charge in [-0.25, -0.2) is 4.98 Å². The number of aromatic nitrogens is 2. The fourth-order valence-corrected chi connectivity index (χ4v) is 4.42. The number of methoxy groups -OCH3 is 1. The molecule has 0 saturated carbocycles. The van der Waals surface area contributed by atoms with Crippen molar-refractivity contribution in [3.05, 3.63) is 78.1 Å². The Labute approximate surface area is 177 Å². The maximum atomic E-state index is 13.5. The summed E-state index contributed by atoms with van der Waals surface area (Å²) in [6, 6.07) is 19.1. The van der Waals surface area contributed by atoms with Crippen LogP contribution in [0, 0.1) is 0 Å². The SMILES string of the molecule is COc1cccc2sc(N(Cc3ccccn3)C(=O)c3cccc(SC)c3)nc12. The van der Waals surface area contributed by atoms with E-state index in [0.717, 1.165) is 20.8 Å². The van der Waals surface area contributed by atoms with E-state index in [-0.39, 0.29) is 5.91 Å². The van der Waals surface area contributed by atoms with E-state index < -0.39 is 0 Å². The van der Waals surface area contributed by atoms with E-state index in [4.69, 9.17) is 9.72 Å². The van der Waals surface area contributed by atoms with Crippen molar-refractivity contribution in [2.75, 3.05) is 18.3 Å². The molecule has 0 radical (unpaired) electrons. The fraction of sp³-hybridized carbons (Fsp3) is 0.136. The van der Waals surface area contributed by atoms with E-state index >= 15 is 0 Å². The second-order valence-electron chi connectivity index (χ2n) is 6.25. The van der Waals surface area contributed by atoms with Crippen molar-refractivity contribution in [2.45, 2.75) is 11.4 Å². The number of anilines is 1. The van der Waals surface area contributed by atoms with Crippen molar-refractivity contribution in [3.8, 4) is 5.75 Å². The standard InChI is InChI=1S/C22H19N3O2S2/c1-27-18-10-6-11-19-20(18)24-22(29-19)25(14-16-8-3-4-12-23-16)21(26)15-7-5-9-17(13-15)28-2/h3-13H,14H2,1-2H3. The van der Waals surface area contributed by atoms with Crippen molar-refractivity contribution >= 4 is 44.4 Å². The normalized spacial score (nSPS) is 10.8. The zero-order valence-corrected chi connectivity index (χ0v) is 17.7. The Kier molecular flexibility index (Phi) is 5.78. The molecule has 0 aliphatic carbocycles. The molecule has 0 atom stereocenters. The first kappa shape index (κ1) is 19.4. The molecule has 2 heterocycles. The van der Waals surface area contributed by atoms with Crippen molar-refractivity contribution < 1.29 is 9.53 Å². The highest BCUT2D eigenvalue weighted by atomic mass is 32.2. The summed E-state index contributed by atoms with van der Waals surface area (Å²) in [6.07, 6.45) is 3.72. The van der Waals surface area contributed by atoms with Crippen molar-refractivity contribution in [2.24, 2.45) is 0 Å². The van der Waals surface area contributed by atoms with E-state index in [1.807, 2.05) is 66.9 Å². The van der Waals surface area contributed by atoms with Crippen molar-refractivity contribution in [1.82, 2.24) is 9.97 Å². The number of pyridine rings is 1. The number of benzene rings is 2. The van der Waals surface area contributed by atoms with E-state index in [2.05, 4.69) is 4.98 Å². The maximum absolute atomic E-state index is 13.5. The van der Waals surface area contributed by atoms with Gasteiger partial charge < -0.3 is 4.74 Å². The molecule has 29 heavy (non-hydrogen) atoms. The fourth-order valence-electron chi connectivity index (χ4n) is 2.98. The third-order valence-electron chi connectivity index (χ3n) is 4.43. The molecule has 0 N–H and O–H groups in total. The van der Waals surface area contributed by atoms with Crippen LogP contribution >= 0.6 is 23.1 Å². The molecular weight excluding hydrogens is 402 g/mol. The minimum absolute atomic E-state index is 0.107. The van der Waals surface area contributed by atoms with Crippen LogP contribution in [0.15, 0.2) is 71.8 Å². The van der Waals surface area contributed by atoms with E-state index in [9.17, 15) is 4.79 Å². The Balaban J connectivity index is 1.79. The van der Waals surface area contributed by atoms with Gasteiger partial charge in [0.25, 0.3) is 5.91 Å². The minimum Gasteiger partial charge on any atom is -0.494 e. The third-order valence-corrected chi connectivity index (χ3v) is 6.20. The molecule has 0 unspecified atom stereocenters. The zero-order valence-electron chi connectivity index (χ0n) is 16.0. The number of para-hydroxylation sites is 1. The number of ether oxygens (including phenoxy) is 1. The lowest BCUT2D eigenvalue weighted by molar-refractivity contribution is 0.0984. The van der Waals surface area contributed by atoms with Gasteiger partial charge in [0.05, 0.1) is 24.0 Å². The van der Waals surface area contributed by atoms with Crippen LogP contribution in [0.1, 0.15) is 16.1 Å². The highest BCUT2D eigenvalue weighted by Crippen LogP contribution is 2.35. The molecule has 146 valence electrons. The van der Waals surface area contributed by atoms with Crippen LogP contribution in [0.4, 0.5) is 5.13 Å². The van der Waals surface area contributed by atoms with Gasteiger partial charge in [0.2, 0.25) is 0 Å². The number of thioether (sulfide) groups is 1. The summed E-state index contributed by atoms with van der Waals surface area (Å²) in [5.74, 6) is 0.587. The number of thiazole rings is 1. The number of fused-ring (bicyclic) bond motifs is 1. The van der Waals surface area contributed by atoms with Crippen molar-refractivity contribution in [3.63, 3.8) is 0 Å². The molecule has 1 amide bonds. The predicted molar refractivity (Wildman–Crippen MR) is 119 cm³/mol. The Morgan fingerprint density at radius 2 is 2.00 bits per heavy atom. The Bertz CT molecular complexity index is 1150. The first-order chi connectivity index (χ1) is 14.2. The Morgan fingerprint density at radius 3 is 2.76 bits per heavy atom. The first-order valence-corrected chi connectivity index (χ1v) is 11.0. The minimum atomic E-state index is -0.107. The number of rotatable bonds is 6. The number of nitrogens with zero attached hydrogens (tertiary/aromatic N) is 3. The lowest BCUT2D eigenvalue weighted by Gasteiger charge is -2.20. The number of carbonyl (C=O) groups excluding carboxylic acids is 1. The molecule has 0 aliphatic rings. The number of hydrogen-bond donors (Lipinski definition) is 0. The van der Waals surface area contributed by atoms with Gasteiger partial charge in [0.15, 0.2) is 5.13 Å². The smallest absolute Gasteiger partial charge is 0.260 e. The van der Waals surface area contributed by atoms with Crippen LogP contribution in [-0.2, 0) is 6.54 Å². The molecule has 4 aromatic rings. The summed E-state index contributed by atoms with van der Waals surface area (Å²) in [5, 5.41) is 0.620. The molecule has 0 bridgehead atoms. The van der Waals surface area contributed by atoms with E-state index in [0.29, 0.717) is 23.0 Å². The average Bonchev–Trinajstić information content (AvgIpc) is 3.22. The van der Waals surface area contributed by atoms with Crippen LogP contribution < -0.4 is 9.64 Å². The van der Waals surface area contributed by atoms with E-state index in [1.165, 1.54) is 11.3 Å². The molecule has 2 aromatic heterocycles. The molecular formula is C22H19N3O2S2. The molecule has 5 nitrogen and oxygen atoms in total. The monoisotopic (exact) mass is 421 g/mol. The second kappa shape index (κ2) is 8.63. The van der Waals surface area contributed by atoms with Crippen molar-refractivity contribution in [1.29, 1.82) is 0 Å². The quantitative estimate of drug-likeness (QED) is 0.397. The van der Waals surface area contributed by atoms with Gasteiger partial charge in [-0.05, 0) is 48.7 Å². The van der Waals surface area contributed by atoms with Crippen LogP contribution in [0.2, 0.25) is 0 Å². The molecule has 0 saturated heterocycles. The molecule has 7 heteroatoms. The topological polar surface area (TPSA) is 55.3 Å². The van der Waals surface area contributed by atoms with Crippen LogP contribution in [-0.4, -0.2) is 29.2 Å². The number of carbonyl (C=O) groups is 1. The predicted octanol–water partition coefficient (Wildman–Crippen LogP) is 5.27. The molecule has 0 spiro atoms. The Hall–Kier alpha value is -2.90. The van der Waals surface area contributed by atoms with E-state index in [1.54, 1.807) is 30.0 Å². The highest BCUT2D eigenvalue weighted by molar-refractivity contribution is 7.98. The zero-order chi connectivity index (χ0) is 20.2. The molecule has 0 fully saturated rings. The molecule has 2 aromatic carbocycles. The maximum Gasteiger partial charge on any atom is 0.260 e.